The van der Waals surface area contributed by atoms with Crippen LogP contribution in [0, 0.1) is 6.92 Å². The zero-order valence-corrected chi connectivity index (χ0v) is 18.1. The fraction of sp³-hybridized carbons (Fsp3) is 0.231. The highest BCUT2D eigenvalue weighted by Crippen LogP contribution is 2.22. The molecule has 0 fully saturated rings. The van der Waals surface area contributed by atoms with Crippen molar-refractivity contribution in [3.63, 3.8) is 0 Å². The van der Waals surface area contributed by atoms with E-state index in [0.29, 0.717) is 28.6 Å². The fourth-order valence-corrected chi connectivity index (χ4v) is 3.18. The summed E-state index contributed by atoms with van der Waals surface area (Å²) >= 11 is 0. The third-order valence-electron chi connectivity index (χ3n) is 5.23. The molecule has 5 heteroatoms. The maximum atomic E-state index is 12.5. The lowest BCUT2D eigenvalue weighted by Gasteiger charge is -2.12. The summed E-state index contributed by atoms with van der Waals surface area (Å²) in [7, 11) is 0. The molecular weight excluding hydrogens is 388 g/mol. The van der Waals surface area contributed by atoms with Crippen LogP contribution in [0.5, 0.6) is 5.75 Å². The van der Waals surface area contributed by atoms with Crippen LogP contribution in [-0.2, 0) is 4.79 Å². The summed E-state index contributed by atoms with van der Waals surface area (Å²) in [6, 6.07) is 22.3. The highest BCUT2D eigenvalue weighted by Gasteiger charge is 2.10. The molecule has 0 radical (unpaired) electrons. The van der Waals surface area contributed by atoms with Crippen LogP contribution in [0.4, 0.5) is 11.4 Å². The molecule has 2 amide bonds. The predicted molar refractivity (Wildman–Crippen MR) is 125 cm³/mol. The molecule has 3 aromatic carbocycles. The molecule has 1 atom stereocenters. The summed E-state index contributed by atoms with van der Waals surface area (Å²) in [5.41, 5.74) is 3.96. The Kier molecular flexibility index (Phi) is 7.44. The van der Waals surface area contributed by atoms with Gasteiger partial charge in [0.2, 0.25) is 0 Å². The Morgan fingerprint density at radius 2 is 1.58 bits per heavy atom. The van der Waals surface area contributed by atoms with Crippen molar-refractivity contribution in [2.24, 2.45) is 0 Å². The van der Waals surface area contributed by atoms with Crippen LogP contribution < -0.4 is 15.4 Å². The molecule has 160 valence electrons. The molecule has 0 aliphatic heterocycles. The maximum Gasteiger partial charge on any atom is 0.262 e. The van der Waals surface area contributed by atoms with E-state index >= 15 is 0 Å². The van der Waals surface area contributed by atoms with Crippen molar-refractivity contribution in [2.75, 3.05) is 17.2 Å². The van der Waals surface area contributed by atoms with Crippen molar-refractivity contribution >= 4 is 23.2 Å². The fourth-order valence-electron chi connectivity index (χ4n) is 3.18. The molecule has 0 bridgehead atoms. The Morgan fingerprint density at radius 3 is 2.26 bits per heavy atom. The second-order valence-corrected chi connectivity index (χ2v) is 7.57. The molecule has 0 aliphatic carbocycles. The van der Waals surface area contributed by atoms with Crippen molar-refractivity contribution in [3.05, 3.63) is 89.5 Å². The molecular formula is C26H28N2O3. The van der Waals surface area contributed by atoms with Gasteiger partial charge in [-0.3, -0.25) is 9.59 Å². The number of amides is 2. The number of carbonyl (C=O) groups excluding carboxylic acids is 2. The smallest absolute Gasteiger partial charge is 0.262 e. The van der Waals surface area contributed by atoms with Gasteiger partial charge in [0.05, 0.1) is 0 Å². The van der Waals surface area contributed by atoms with Gasteiger partial charge < -0.3 is 15.4 Å². The molecule has 3 rings (SSSR count). The minimum absolute atomic E-state index is 0.0948. The second-order valence-electron chi connectivity index (χ2n) is 7.57. The molecule has 0 aromatic heterocycles. The van der Waals surface area contributed by atoms with E-state index in [1.807, 2.05) is 49.4 Å². The molecule has 0 heterocycles. The first-order valence-corrected chi connectivity index (χ1v) is 10.5. The van der Waals surface area contributed by atoms with Gasteiger partial charge in [-0.2, -0.15) is 0 Å². The van der Waals surface area contributed by atoms with E-state index in [4.69, 9.17) is 4.74 Å². The number of anilines is 2. The summed E-state index contributed by atoms with van der Waals surface area (Å²) < 4.78 is 5.59. The van der Waals surface area contributed by atoms with E-state index in [9.17, 15) is 9.59 Å². The normalized spacial score (nSPS) is 11.5. The van der Waals surface area contributed by atoms with Crippen molar-refractivity contribution in [3.8, 4) is 5.75 Å². The van der Waals surface area contributed by atoms with Gasteiger partial charge >= 0.3 is 0 Å². The van der Waals surface area contributed by atoms with Gasteiger partial charge in [-0.25, -0.2) is 0 Å². The summed E-state index contributed by atoms with van der Waals surface area (Å²) in [5.74, 6) is 0.691. The molecule has 31 heavy (non-hydrogen) atoms. The molecule has 0 saturated heterocycles. The minimum Gasteiger partial charge on any atom is -0.484 e. The number of hydrogen-bond acceptors (Lipinski definition) is 3. The molecule has 0 spiro atoms. The third-order valence-corrected chi connectivity index (χ3v) is 5.23. The zero-order valence-electron chi connectivity index (χ0n) is 18.1. The first-order valence-electron chi connectivity index (χ1n) is 10.5. The van der Waals surface area contributed by atoms with Crippen molar-refractivity contribution in [2.45, 2.75) is 33.1 Å². The summed E-state index contributed by atoms with van der Waals surface area (Å²) in [5, 5.41) is 5.67. The monoisotopic (exact) mass is 416 g/mol. The summed E-state index contributed by atoms with van der Waals surface area (Å²) in [6.45, 7) is 6.13. The summed E-state index contributed by atoms with van der Waals surface area (Å²) in [6.07, 6.45) is 1.08. The van der Waals surface area contributed by atoms with Gasteiger partial charge in [-0.1, -0.05) is 50.2 Å². The number of carbonyl (C=O) groups is 2. The average molecular weight is 417 g/mol. The quantitative estimate of drug-likeness (QED) is 0.489. The number of nitrogens with one attached hydrogen (secondary N) is 2. The van der Waals surface area contributed by atoms with Crippen molar-refractivity contribution in [1.29, 1.82) is 0 Å². The van der Waals surface area contributed by atoms with E-state index in [1.54, 1.807) is 30.3 Å². The minimum atomic E-state index is -0.270. The standard InChI is InChI=1S/C26H28N2O3/c1-4-18(2)20-12-14-23(15-13-20)31-17-25(29)27-21-9-7-10-22(16-21)28-26(30)24-11-6-5-8-19(24)3/h5-16,18H,4,17H2,1-3H3,(H,27,29)(H,28,30)/t18-/m0/s1. The Morgan fingerprint density at radius 1 is 0.903 bits per heavy atom. The third kappa shape index (κ3) is 6.19. The van der Waals surface area contributed by atoms with Crippen LogP contribution in [0.25, 0.3) is 0 Å². The number of ether oxygens (including phenoxy) is 1. The molecule has 0 saturated carbocycles. The molecule has 2 N–H and O–H groups in total. The highest BCUT2D eigenvalue weighted by atomic mass is 16.5. The van der Waals surface area contributed by atoms with E-state index in [1.165, 1.54) is 5.56 Å². The Bertz CT molecular complexity index is 1040. The lowest BCUT2D eigenvalue weighted by Crippen LogP contribution is -2.20. The largest absolute Gasteiger partial charge is 0.484 e. The average Bonchev–Trinajstić information content (AvgIpc) is 2.78. The van der Waals surface area contributed by atoms with E-state index in [0.717, 1.165) is 12.0 Å². The van der Waals surface area contributed by atoms with Crippen LogP contribution in [0.1, 0.15) is 47.7 Å². The lowest BCUT2D eigenvalue weighted by molar-refractivity contribution is -0.118. The number of rotatable bonds is 8. The number of hydrogen-bond donors (Lipinski definition) is 2. The molecule has 5 nitrogen and oxygen atoms in total. The molecule has 0 aliphatic rings. The van der Waals surface area contributed by atoms with Crippen LogP contribution >= 0.6 is 0 Å². The van der Waals surface area contributed by atoms with Crippen molar-refractivity contribution in [1.82, 2.24) is 0 Å². The predicted octanol–water partition coefficient (Wildman–Crippen LogP) is 5.78. The molecule has 3 aromatic rings. The first kappa shape index (κ1) is 22.1. The number of benzene rings is 3. The molecule has 0 unspecified atom stereocenters. The SMILES string of the molecule is CC[C@H](C)c1ccc(OCC(=O)Nc2cccc(NC(=O)c3ccccc3C)c2)cc1. The van der Waals surface area contributed by atoms with Crippen LogP contribution in [0.3, 0.4) is 0 Å². The lowest BCUT2D eigenvalue weighted by atomic mass is 9.99. The van der Waals surface area contributed by atoms with E-state index in [-0.39, 0.29) is 18.4 Å². The Balaban J connectivity index is 1.55. The van der Waals surface area contributed by atoms with Gasteiger partial charge in [0.15, 0.2) is 6.61 Å². The first-order chi connectivity index (χ1) is 15.0. The Labute approximate surface area is 183 Å². The van der Waals surface area contributed by atoms with Gasteiger partial charge in [-0.05, 0) is 66.8 Å². The second kappa shape index (κ2) is 10.4. The van der Waals surface area contributed by atoms with Crippen LogP contribution in [-0.4, -0.2) is 18.4 Å². The zero-order chi connectivity index (χ0) is 22.2. The van der Waals surface area contributed by atoms with Gasteiger partial charge in [0.25, 0.3) is 11.8 Å². The van der Waals surface area contributed by atoms with Gasteiger partial charge in [0, 0.05) is 16.9 Å². The van der Waals surface area contributed by atoms with Gasteiger partial charge in [0.1, 0.15) is 5.75 Å². The Hall–Kier alpha value is -3.60. The maximum absolute atomic E-state index is 12.5. The van der Waals surface area contributed by atoms with Gasteiger partial charge in [-0.15, -0.1) is 0 Å². The van der Waals surface area contributed by atoms with Crippen molar-refractivity contribution < 1.29 is 14.3 Å². The topological polar surface area (TPSA) is 67.4 Å². The van der Waals surface area contributed by atoms with E-state index < -0.39 is 0 Å². The number of aryl methyl sites for hydroxylation is 1. The highest BCUT2D eigenvalue weighted by molar-refractivity contribution is 6.05. The summed E-state index contributed by atoms with van der Waals surface area (Å²) in [4.78, 5) is 24.8. The van der Waals surface area contributed by atoms with E-state index in [2.05, 4.69) is 24.5 Å². The van der Waals surface area contributed by atoms with Crippen LogP contribution in [0.15, 0.2) is 72.8 Å². The van der Waals surface area contributed by atoms with Crippen LogP contribution in [0.2, 0.25) is 0 Å².